The van der Waals surface area contributed by atoms with Gasteiger partial charge in [0.25, 0.3) is 0 Å². The molecule has 2 fully saturated rings. The number of hydrogen-bond donors (Lipinski definition) is 2. The molecule has 9 heteroatoms. The summed E-state index contributed by atoms with van der Waals surface area (Å²) in [4.78, 5) is 19.0. The van der Waals surface area contributed by atoms with Gasteiger partial charge in [0.2, 0.25) is 5.91 Å². The van der Waals surface area contributed by atoms with Crippen LogP contribution in [0.5, 0.6) is 0 Å². The Morgan fingerprint density at radius 1 is 1.32 bits per heavy atom. The third kappa shape index (κ3) is 5.59. The summed E-state index contributed by atoms with van der Waals surface area (Å²) < 4.78 is 23.1. The highest BCUT2D eigenvalue weighted by Crippen LogP contribution is 2.36. The molecule has 1 unspecified atom stereocenters. The van der Waals surface area contributed by atoms with E-state index in [4.69, 9.17) is 4.99 Å². The second-order valence-corrected chi connectivity index (χ2v) is 9.58. The molecule has 28 heavy (non-hydrogen) atoms. The zero-order chi connectivity index (χ0) is 19.5. The molecule has 2 aliphatic rings. The molecule has 156 valence electrons. The summed E-state index contributed by atoms with van der Waals surface area (Å²) in [7, 11) is -3.18. The topological polar surface area (TPSA) is 90.9 Å². The molecule has 2 saturated heterocycles. The molecule has 7 nitrogen and oxygen atoms in total. The Kier molecular flexibility index (Phi) is 7.72. The van der Waals surface area contributed by atoms with Gasteiger partial charge in [-0.1, -0.05) is 12.1 Å². The smallest absolute Gasteiger partial charge is 0.220 e. The summed E-state index contributed by atoms with van der Waals surface area (Å²) in [6.45, 7) is 5.78. The summed E-state index contributed by atoms with van der Waals surface area (Å²) in [6, 6.07) is 6.86. The molecular weight excluding hydrogens is 491 g/mol. The Bertz CT molecular complexity index is 826. The van der Waals surface area contributed by atoms with Crippen molar-refractivity contribution in [2.24, 2.45) is 10.4 Å². The maximum absolute atomic E-state index is 11.7. The van der Waals surface area contributed by atoms with Gasteiger partial charge in [0.05, 0.1) is 11.4 Å². The van der Waals surface area contributed by atoms with Crippen LogP contribution in [-0.4, -0.2) is 57.6 Å². The molecule has 0 saturated carbocycles. The molecule has 0 bridgehead atoms. The van der Waals surface area contributed by atoms with E-state index in [9.17, 15) is 13.2 Å². The van der Waals surface area contributed by atoms with Gasteiger partial charge >= 0.3 is 0 Å². The molecule has 1 spiro atoms. The van der Waals surface area contributed by atoms with Crippen molar-refractivity contribution in [3.8, 4) is 0 Å². The van der Waals surface area contributed by atoms with Crippen LogP contribution in [0.25, 0.3) is 0 Å². The second-order valence-electron chi connectivity index (χ2n) is 7.56. The number of sulfone groups is 1. The first-order valence-electron chi connectivity index (χ1n) is 9.40. The Labute approximate surface area is 184 Å². The van der Waals surface area contributed by atoms with E-state index in [2.05, 4.69) is 15.5 Å². The van der Waals surface area contributed by atoms with E-state index in [0.717, 1.165) is 50.5 Å². The predicted octanol–water partition coefficient (Wildman–Crippen LogP) is 1.78. The number of carbonyl (C=O) groups excluding carboxylic acids is 1. The lowest BCUT2D eigenvalue weighted by molar-refractivity contribution is -0.119. The van der Waals surface area contributed by atoms with Crippen LogP contribution < -0.4 is 10.6 Å². The van der Waals surface area contributed by atoms with Crippen LogP contribution in [-0.2, 0) is 21.2 Å². The van der Waals surface area contributed by atoms with Crippen molar-refractivity contribution in [3.63, 3.8) is 0 Å². The van der Waals surface area contributed by atoms with Crippen LogP contribution in [0.1, 0.15) is 31.7 Å². The van der Waals surface area contributed by atoms with Gasteiger partial charge in [0.1, 0.15) is 0 Å². The van der Waals surface area contributed by atoms with E-state index in [-0.39, 0.29) is 35.3 Å². The highest BCUT2D eigenvalue weighted by atomic mass is 127. The quantitative estimate of drug-likeness (QED) is 0.359. The zero-order valence-corrected chi connectivity index (χ0v) is 19.5. The van der Waals surface area contributed by atoms with Gasteiger partial charge in [-0.2, -0.15) is 0 Å². The van der Waals surface area contributed by atoms with Gasteiger partial charge in [-0.05, 0) is 37.5 Å². The fraction of sp³-hybridized carbons (Fsp3) is 0.579. The number of piperidine rings is 1. The molecule has 2 aliphatic heterocycles. The maximum Gasteiger partial charge on any atom is 0.220 e. The second kappa shape index (κ2) is 9.43. The fourth-order valence-electron chi connectivity index (χ4n) is 3.86. The van der Waals surface area contributed by atoms with Gasteiger partial charge in [-0.15, -0.1) is 24.0 Å². The number of aliphatic imine (C=N–C) groups is 1. The van der Waals surface area contributed by atoms with Crippen molar-refractivity contribution < 1.29 is 13.2 Å². The average Bonchev–Trinajstić information content (AvgIpc) is 2.98. The van der Waals surface area contributed by atoms with Crippen molar-refractivity contribution in [3.05, 3.63) is 29.8 Å². The van der Waals surface area contributed by atoms with Gasteiger partial charge < -0.3 is 15.5 Å². The molecule has 0 aliphatic carbocycles. The van der Waals surface area contributed by atoms with E-state index in [1.165, 1.54) is 6.26 Å². The highest BCUT2D eigenvalue weighted by Gasteiger charge is 2.42. The summed E-state index contributed by atoms with van der Waals surface area (Å²) in [5.74, 6) is 0.993. The Balaban J connectivity index is 0.00000280. The average molecular weight is 520 g/mol. The van der Waals surface area contributed by atoms with Crippen LogP contribution in [0, 0.1) is 5.41 Å². The third-order valence-corrected chi connectivity index (χ3v) is 6.38. The number of nitrogens with one attached hydrogen (secondary N) is 2. The van der Waals surface area contributed by atoms with Crippen molar-refractivity contribution >= 4 is 45.7 Å². The van der Waals surface area contributed by atoms with Crippen LogP contribution in [0.4, 0.5) is 0 Å². The Hall–Kier alpha value is -1.36. The molecule has 2 N–H and O–H groups in total. The van der Waals surface area contributed by atoms with Crippen molar-refractivity contribution in [1.82, 2.24) is 15.5 Å². The van der Waals surface area contributed by atoms with Gasteiger partial charge in [-0.3, -0.25) is 4.79 Å². The number of amides is 1. The van der Waals surface area contributed by atoms with Gasteiger partial charge in [0, 0.05) is 44.3 Å². The minimum absolute atomic E-state index is 0. The minimum Gasteiger partial charge on any atom is -0.357 e. The standard InChI is InChI=1S/C19H28N4O3S.HI/c1-3-20-18(21-12-15-5-7-16(8-6-15)27(2,25)26)23-10-4-9-19(14-23)11-17(24)22-13-19;/h5-8H,3-4,9-14H2,1-2H3,(H,20,21)(H,22,24);1H. The number of rotatable bonds is 4. The van der Waals surface area contributed by atoms with Crippen molar-refractivity contribution in [1.29, 1.82) is 0 Å². The van der Waals surface area contributed by atoms with Crippen molar-refractivity contribution in [2.75, 3.05) is 32.4 Å². The molecular formula is C19H29IN4O3S. The minimum atomic E-state index is -3.18. The lowest BCUT2D eigenvalue weighted by atomic mass is 9.79. The normalized spacial score (nSPS) is 22.7. The van der Waals surface area contributed by atoms with Gasteiger partial charge in [0.15, 0.2) is 15.8 Å². The number of halogens is 1. The van der Waals surface area contributed by atoms with Crippen LogP contribution in [0.2, 0.25) is 0 Å². The maximum atomic E-state index is 11.7. The SMILES string of the molecule is CCNC(=NCc1ccc(S(C)(=O)=O)cc1)N1CCCC2(CNC(=O)C2)C1.I. The number of benzene rings is 1. The number of hydrogen-bond acceptors (Lipinski definition) is 4. The molecule has 1 aromatic carbocycles. The number of carbonyl (C=O) groups is 1. The number of likely N-dealkylation sites (tertiary alicyclic amines) is 1. The summed E-state index contributed by atoms with van der Waals surface area (Å²) >= 11 is 0. The van der Waals surface area contributed by atoms with Crippen molar-refractivity contribution in [2.45, 2.75) is 37.6 Å². The van der Waals surface area contributed by atoms with E-state index in [1.807, 2.05) is 6.92 Å². The van der Waals surface area contributed by atoms with Gasteiger partial charge in [-0.25, -0.2) is 13.4 Å². The molecule has 0 aromatic heterocycles. The number of guanidine groups is 1. The van der Waals surface area contributed by atoms with E-state index in [0.29, 0.717) is 17.9 Å². The first-order chi connectivity index (χ1) is 12.8. The molecule has 1 amide bonds. The predicted molar refractivity (Wildman–Crippen MR) is 121 cm³/mol. The molecule has 3 rings (SSSR count). The largest absolute Gasteiger partial charge is 0.357 e. The summed E-state index contributed by atoms with van der Waals surface area (Å²) in [5, 5.41) is 6.32. The van der Waals surface area contributed by atoms with E-state index in [1.54, 1.807) is 24.3 Å². The zero-order valence-electron chi connectivity index (χ0n) is 16.4. The van der Waals surface area contributed by atoms with Crippen LogP contribution in [0.3, 0.4) is 0 Å². The Morgan fingerprint density at radius 2 is 2.04 bits per heavy atom. The van der Waals surface area contributed by atoms with E-state index < -0.39 is 9.84 Å². The lowest BCUT2D eigenvalue weighted by Gasteiger charge is -2.40. The summed E-state index contributed by atoms with van der Waals surface area (Å²) in [6.07, 6.45) is 3.91. The molecule has 1 atom stereocenters. The first-order valence-corrected chi connectivity index (χ1v) is 11.3. The van der Waals surface area contributed by atoms with E-state index >= 15 is 0 Å². The van der Waals surface area contributed by atoms with Crippen LogP contribution in [0.15, 0.2) is 34.2 Å². The highest BCUT2D eigenvalue weighted by molar-refractivity contribution is 14.0. The fourth-order valence-corrected chi connectivity index (χ4v) is 4.49. The monoisotopic (exact) mass is 520 g/mol. The molecule has 0 radical (unpaired) electrons. The van der Waals surface area contributed by atoms with Crippen LogP contribution >= 0.6 is 24.0 Å². The number of nitrogens with zero attached hydrogens (tertiary/aromatic N) is 2. The Morgan fingerprint density at radius 3 is 2.61 bits per heavy atom. The summed E-state index contributed by atoms with van der Waals surface area (Å²) in [5.41, 5.74) is 0.977. The lowest BCUT2D eigenvalue weighted by Crippen LogP contribution is -2.51. The molecule has 2 heterocycles. The first kappa shape index (κ1) is 22.9. The third-order valence-electron chi connectivity index (χ3n) is 5.25. The molecule has 1 aromatic rings.